The molecular weight excluding hydrogens is 196 g/mol. The van der Waals surface area contributed by atoms with E-state index in [-0.39, 0.29) is 6.04 Å². The van der Waals surface area contributed by atoms with Crippen molar-refractivity contribution in [1.29, 1.82) is 0 Å². The molecule has 16 heavy (non-hydrogen) atoms. The van der Waals surface area contributed by atoms with E-state index >= 15 is 0 Å². The summed E-state index contributed by atoms with van der Waals surface area (Å²) in [4.78, 5) is 2.34. The van der Waals surface area contributed by atoms with Crippen molar-refractivity contribution in [1.82, 2.24) is 4.90 Å². The van der Waals surface area contributed by atoms with Gasteiger partial charge in [0, 0.05) is 18.6 Å². The summed E-state index contributed by atoms with van der Waals surface area (Å²) in [5, 5.41) is 0. The molecule has 1 saturated heterocycles. The van der Waals surface area contributed by atoms with Crippen LogP contribution in [0.25, 0.3) is 0 Å². The lowest BCUT2D eigenvalue weighted by Crippen LogP contribution is -2.13. The molecule has 0 amide bonds. The van der Waals surface area contributed by atoms with Crippen LogP contribution in [0.2, 0.25) is 0 Å². The van der Waals surface area contributed by atoms with Gasteiger partial charge >= 0.3 is 0 Å². The molecule has 0 radical (unpaired) electrons. The van der Waals surface area contributed by atoms with Crippen molar-refractivity contribution < 1.29 is 0 Å². The van der Waals surface area contributed by atoms with E-state index in [4.69, 9.17) is 5.73 Å². The first-order valence-corrected chi connectivity index (χ1v) is 6.13. The Morgan fingerprint density at radius 2 is 2.12 bits per heavy atom. The predicted octanol–water partition coefficient (Wildman–Crippen LogP) is 2.72. The first-order chi connectivity index (χ1) is 7.58. The monoisotopic (exact) mass is 218 g/mol. The fourth-order valence-electron chi connectivity index (χ4n) is 2.23. The van der Waals surface area contributed by atoms with Gasteiger partial charge in [0.15, 0.2) is 0 Å². The van der Waals surface area contributed by atoms with E-state index in [0.29, 0.717) is 12.0 Å². The second-order valence-electron chi connectivity index (χ2n) is 5.36. The number of rotatable bonds is 4. The Hall–Kier alpha value is -0.860. The average Bonchev–Trinajstić information content (AvgIpc) is 2.95. The number of benzene rings is 1. The Morgan fingerprint density at radius 3 is 2.69 bits per heavy atom. The molecule has 2 heteroatoms. The Kier molecular flexibility index (Phi) is 3.31. The van der Waals surface area contributed by atoms with Crippen LogP contribution in [0.15, 0.2) is 24.3 Å². The highest BCUT2D eigenvalue weighted by molar-refractivity contribution is 5.30. The average molecular weight is 218 g/mol. The van der Waals surface area contributed by atoms with Crippen molar-refractivity contribution in [2.45, 2.75) is 32.4 Å². The molecule has 1 fully saturated rings. The minimum atomic E-state index is 0.184. The zero-order chi connectivity index (χ0) is 11.7. The van der Waals surface area contributed by atoms with E-state index < -0.39 is 0 Å². The summed E-state index contributed by atoms with van der Waals surface area (Å²) < 4.78 is 0. The fraction of sp³-hybridized carbons (Fsp3) is 0.571. The standard InChI is InChI=1S/C14H22N2/c1-10(2)7-13(15)11-5-4-6-12(8-11)14-9-16(14)3/h4-6,8,10,13-14H,7,9,15H2,1-3H3. The molecule has 1 aliphatic heterocycles. The normalized spacial score (nSPS) is 25.8. The fourth-order valence-corrected chi connectivity index (χ4v) is 2.23. The van der Waals surface area contributed by atoms with Crippen molar-refractivity contribution in [2.75, 3.05) is 13.6 Å². The Balaban J connectivity index is 2.09. The molecule has 0 spiro atoms. The predicted molar refractivity (Wildman–Crippen MR) is 68.2 cm³/mol. The number of hydrogen-bond donors (Lipinski definition) is 1. The molecule has 3 unspecified atom stereocenters. The van der Waals surface area contributed by atoms with Crippen LogP contribution in [0.3, 0.4) is 0 Å². The summed E-state index contributed by atoms with van der Waals surface area (Å²) in [7, 11) is 2.16. The quantitative estimate of drug-likeness (QED) is 0.787. The number of nitrogens with two attached hydrogens (primary N) is 1. The first kappa shape index (κ1) is 11.6. The van der Waals surface area contributed by atoms with E-state index in [0.717, 1.165) is 6.42 Å². The second kappa shape index (κ2) is 4.56. The maximum absolute atomic E-state index is 6.21. The van der Waals surface area contributed by atoms with Gasteiger partial charge < -0.3 is 5.73 Å². The summed E-state index contributed by atoms with van der Waals surface area (Å²) in [5.74, 6) is 0.655. The highest BCUT2D eigenvalue weighted by Crippen LogP contribution is 2.33. The largest absolute Gasteiger partial charge is 0.324 e. The van der Waals surface area contributed by atoms with Gasteiger partial charge in [0.05, 0.1) is 0 Å². The van der Waals surface area contributed by atoms with E-state index in [2.05, 4.69) is 50.1 Å². The van der Waals surface area contributed by atoms with Crippen molar-refractivity contribution in [2.24, 2.45) is 11.7 Å². The minimum Gasteiger partial charge on any atom is -0.324 e. The van der Waals surface area contributed by atoms with Gasteiger partial charge in [-0.15, -0.1) is 0 Å². The van der Waals surface area contributed by atoms with Crippen LogP contribution in [0.1, 0.15) is 43.5 Å². The van der Waals surface area contributed by atoms with E-state index in [1.807, 2.05) is 0 Å². The van der Waals surface area contributed by atoms with Crippen LogP contribution in [0, 0.1) is 5.92 Å². The van der Waals surface area contributed by atoms with Gasteiger partial charge in [-0.1, -0.05) is 38.1 Å². The molecule has 3 atom stereocenters. The molecule has 0 aliphatic carbocycles. The third kappa shape index (κ3) is 2.63. The molecule has 1 aromatic carbocycles. The van der Waals surface area contributed by atoms with E-state index in [1.165, 1.54) is 17.7 Å². The molecule has 0 aromatic heterocycles. The Labute approximate surface area is 98.4 Å². The third-order valence-electron chi connectivity index (χ3n) is 3.31. The molecule has 2 rings (SSSR count). The Morgan fingerprint density at radius 1 is 1.44 bits per heavy atom. The van der Waals surface area contributed by atoms with Crippen molar-refractivity contribution in [3.63, 3.8) is 0 Å². The van der Waals surface area contributed by atoms with Crippen LogP contribution < -0.4 is 5.73 Å². The van der Waals surface area contributed by atoms with Crippen LogP contribution in [-0.2, 0) is 0 Å². The van der Waals surface area contributed by atoms with Crippen molar-refractivity contribution >= 4 is 0 Å². The van der Waals surface area contributed by atoms with Gasteiger partial charge in [0.1, 0.15) is 0 Å². The third-order valence-corrected chi connectivity index (χ3v) is 3.31. The Bertz CT molecular complexity index is 360. The summed E-state index contributed by atoms with van der Waals surface area (Å²) in [6.45, 7) is 5.62. The summed E-state index contributed by atoms with van der Waals surface area (Å²) in [6.07, 6.45) is 1.06. The molecule has 1 aromatic rings. The van der Waals surface area contributed by atoms with Crippen molar-refractivity contribution in [3.8, 4) is 0 Å². The summed E-state index contributed by atoms with van der Waals surface area (Å²) >= 11 is 0. The highest BCUT2D eigenvalue weighted by atomic mass is 15.3. The van der Waals surface area contributed by atoms with Gasteiger partial charge in [-0.05, 0) is 30.5 Å². The van der Waals surface area contributed by atoms with Crippen LogP contribution in [0.4, 0.5) is 0 Å². The highest BCUT2D eigenvalue weighted by Gasteiger charge is 2.31. The molecule has 2 nitrogen and oxygen atoms in total. The lowest BCUT2D eigenvalue weighted by Gasteiger charge is -2.15. The van der Waals surface area contributed by atoms with Gasteiger partial charge in [-0.3, -0.25) is 4.90 Å². The summed E-state index contributed by atoms with van der Waals surface area (Å²) in [5.41, 5.74) is 8.91. The molecular formula is C14H22N2. The van der Waals surface area contributed by atoms with E-state index in [9.17, 15) is 0 Å². The zero-order valence-corrected chi connectivity index (χ0v) is 10.5. The van der Waals surface area contributed by atoms with Crippen LogP contribution in [-0.4, -0.2) is 18.5 Å². The minimum absolute atomic E-state index is 0.184. The van der Waals surface area contributed by atoms with Gasteiger partial charge in [0.25, 0.3) is 0 Å². The molecule has 88 valence electrons. The van der Waals surface area contributed by atoms with Gasteiger partial charge in [0.2, 0.25) is 0 Å². The maximum Gasteiger partial charge on any atom is 0.0473 e. The molecule has 0 bridgehead atoms. The van der Waals surface area contributed by atoms with Crippen LogP contribution in [0.5, 0.6) is 0 Å². The number of nitrogens with zero attached hydrogens (tertiary/aromatic N) is 1. The maximum atomic E-state index is 6.21. The molecule has 0 saturated carbocycles. The van der Waals surface area contributed by atoms with Crippen LogP contribution >= 0.6 is 0 Å². The van der Waals surface area contributed by atoms with E-state index in [1.54, 1.807) is 0 Å². The number of hydrogen-bond acceptors (Lipinski definition) is 2. The lowest BCUT2D eigenvalue weighted by molar-refractivity contribution is 0.509. The smallest absolute Gasteiger partial charge is 0.0473 e. The van der Waals surface area contributed by atoms with Crippen molar-refractivity contribution in [3.05, 3.63) is 35.4 Å². The SMILES string of the molecule is CC(C)CC(N)c1cccc(C2CN2C)c1. The number of likely N-dealkylation sites (N-methyl/N-ethyl adjacent to an activating group) is 1. The lowest BCUT2D eigenvalue weighted by atomic mass is 9.96. The molecule has 2 N–H and O–H groups in total. The van der Waals surface area contributed by atoms with Gasteiger partial charge in [-0.25, -0.2) is 0 Å². The zero-order valence-electron chi connectivity index (χ0n) is 10.5. The van der Waals surface area contributed by atoms with Gasteiger partial charge in [-0.2, -0.15) is 0 Å². The summed E-state index contributed by atoms with van der Waals surface area (Å²) in [6, 6.07) is 9.59. The molecule has 1 aliphatic rings. The second-order valence-corrected chi connectivity index (χ2v) is 5.36. The first-order valence-electron chi connectivity index (χ1n) is 6.13. The molecule has 1 heterocycles. The topological polar surface area (TPSA) is 29.0 Å².